The first-order chi connectivity index (χ1) is 12.1. The van der Waals surface area contributed by atoms with E-state index in [2.05, 4.69) is 17.0 Å². The van der Waals surface area contributed by atoms with E-state index in [0.29, 0.717) is 11.5 Å². The molecule has 2 aromatic carbocycles. The van der Waals surface area contributed by atoms with Gasteiger partial charge in [0.05, 0.1) is 12.7 Å². The van der Waals surface area contributed by atoms with Crippen LogP contribution in [0.1, 0.15) is 34.3 Å². The van der Waals surface area contributed by atoms with Crippen molar-refractivity contribution in [3.05, 3.63) is 65.2 Å². The molecule has 1 aliphatic heterocycles. The van der Waals surface area contributed by atoms with Gasteiger partial charge in [0, 0.05) is 13.1 Å². The lowest BCUT2D eigenvalue weighted by Crippen LogP contribution is -2.35. The second kappa shape index (κ2) is 8.17. The summed E-state index contributed by atoms with van der Waals surface area (Å²) in [7, 11) is 1.69. The second-order valence-corrected chi connectivity index (χ2v) is 6.80. The molecule has 1 N–H and O–H groups in total. The zero-order chi connectivity index (χ0) is 17.6. The summed E-state index contributed by atoms with van der Waals surface area (Å²) in [5, 5.41) is 8.99. The highest BCUT2D eigenvalue weighted by Gasteiger charge is 2.20. The third kappa shape index (κ3) is 4.83. The van der Waals surface area contributed by atoms with Crippen LogP contribution < -0.4 is 4.74 Å². The van der Waals surface area contributed by atoms with Crippen LogP contribution in [0.5, 0.6) is 5.75 Å². The van der Waals surface area contributed by atoms with Gasteiger partial charge in [0.2, 0.25) is 0 Å². The van der Waals surface area contributed by atoms with Crippen LogP contribution >= 0.6 is 0 Å². The Labute approximate surface area is 149 Å². The van der Waals surface area contributed by atoms with E-state index in [1.54, 1.807) is 19.2 Å². The molecule has 4 heteroatoms. The highest BCUT2D eigenvalue weighted by molar-refractivity contribution is 5.87. The van der Waals surface area contributed by atoms with Crippen LogP contribution in [-0.4, -0.2) is 36.2 Å². The number of carboxylic acids is 1. The lowest BCUT2D eigenvalue weighted by atomic mass is 9.91. The summed E-state index contributed by atoms with van der Waals surface area (Å²) in [6.07, 6.45) is 3.58. The maximum absolute atomic E-state index is 10.9. The Morgan fingerprint density at radius 3 is 2.44 bits per heavy atom. The molecule has 2 aromatic rings. The highest BCUT2D eigenvalue weighted by Crippen LogP contribution is 2.23. The fourth-order valence-corrected chi connectivity index (χ4v) is 3.57. The van der Waals surface area contributed by atoms with E-state index < -0.39 is 5.97 Å². The average molecular weight is 339 g/mol. The summed E-state index contributed by atoms with van der Waals surface area (Å²) in [6.45, 7) is 3.09. The molecule has 3 rings (SSSR count). The van der Waals surface area contributed by atoms with Gasteiger partial charge >= 0.3 is 5.97 Å². The number of likely N-dealkylation sites (tertiary alicyclic amines) is 1. The van der Waals surface area contributed by atoms with Crippen molar-refractivity contribution in [2.24, 2.45) is 5.92 Å². The zero-order valence-corrected chi connectivity index (χ0v) is 14.6. The summed E-state index contributed by atoms with van der Waals surface area (Å²) < 4.78 is 5.22. The maximum Gasteiger partial charge on any atom is 0.335 e. The minimum Gasteiger partial charge on any atom is -0.497 e. The van der Waals surface area contributed by atoms with Crippen LogP contribution in [0.15, 0.2) is 48.5 Å². The Balaban J connectivity index is 1.55. The second-order valence-electron chi connectivity index (χ2n) is 6.80. The Kier molecular flexibility index (Phi) is 5.71. The number of hydrogen-bond donors (Lipinski definition) is 1. The summed E-state index contributed by atoms with van der Waals surface area (Å²) in [5.41, 5.74) is 2.88. The third-order valence-corrected chi connectivity index (χ3v) is 4.89. The monoisotopic (exact) mass is 339 g/mol. The minimum absolute atomic E-state index is 0.347. The number of piperidine rings is 1. The van der Waals surface area contributed by atoms with Crippen molar-refractivity contribution in [2.45, 2.75) is 25.8 Å². The predicted octanol–water partition coefficient (Wildman–Crippen LogP) is 3.85. The summed E-state index contributed by atoms with van der Waals surface area (Å²) in [5.74, 6) is 0.698. The SMILES string of the molecule is COc1ccc(CC2CCCN(Cc3ccc(C(=O)O)cc3)C2)cc1. The maximum atomic E-state index is 10.9. The molecule has 0 aliphatic carbocycles. The third-order valence-electron chi connectivity index (χ3n) is 4.89. The van der Waals surface area contributed by atoms with Crippen LogP contribution in [0.4, 0.5) is 0 Å². The molecule has 4 nitrogen and oxygen atoms in total. The summed E-state index contributed by atoms with van der Waals surface area (Å²) >= 11 is 0. The van der Waals surface area contributed by atoms with Gasteiger partial charge in [-0.2, -0.15) is 0 Å². The molecule has 1 heterocycles. The van der Waals surface area contributed by atoms with Crippen molar-refractivity contribution in [3.63, 3.8) is 0 Å². The number of methoxy groups -OCH3 is 1. The number of benzene rings is 2. The van der Waals surface area contributed by atoms with Crippen molar-refractivity contribution < 1.29 is 14.6 Å². The first-order valence-corrected chi connectivity index (χ1v) is 8.81. The lowest BCUT2D eigenvalue weighted by molar-refractivity contribution is 0.0697. The van der Waals surface area contributed by atoms with Gasteiger partial charge in [-0.25, -0.2) is 4.79 Å². The Morgan fingerprint density at radius 2 is 1.80 bits per heavy atom. The van der Waals surface area contributed by atoms with E-state index in [-0.39, 0.29) is 0 Å². The molecule has 1 atom stereocenters. The van der Waals surface area contributed by atoms with Crippen LogP contribution in [0.25, 0.3) is 0 Å². The Morgan fingerprint density at radius 1 is 1.12 bits per heavy atom. The average Bonchev–Trinajstić information content (AvgIpc) is 2.63. The van der Waals surface area contributed by atoms with Gasteiger partial charge < -0.3 is 9.84 Å². The number of carboxylic acid groups (broad SMARTS) is 1. The van der Waals surface area contributed by atoms with Crippen molar-refractivity contribution in [2.75, 3.05) is 20.2 Å². The molecule has 1 aliphatic rings. The van der Waals surface area contributed by atoms with E-state index >= 15 is 0 Å². The normalized spacial score (nSPS) is 18.0. The summed E-state index contributed by atoms with van der Waals surface area (Å²) in [4.78, 5) is 13.4. The van der Waals surface area contributed by atoms with Crippen molar-refractivity contribution >= 4 is 5.97 Å². The molecule has 1 fully saturated rings. The first kappa shape index (κ1) is 17.5. The minimum atomic E-state index is -0.871. The van der Waals surface area contributed by atoms with Gasteiger partial charge in [0.25, 0.3) is 0 Å². The first-order valence-electron chi connectivity index (χ1n) is 8.81. The predicted molar refractivity (Wildman–Crippen MR) is 98.1 cm³/mol. The van der Waals surface area contributed by atoms with Gasteiger partial charge in [-0.15, -0.1) is 0 Å². The number of ether oxygens (including phenoxy) is 1. The largest absolute Gasteiger partial charge is 0.497 e. The van der Waals surface area contributed by atoms with Crippen molar-refractivity contribution in [3.8, 4) is 5.75 Å². The molecule has 0 aromatic heterocycles. The zero-order valence-electron chi connectivity index (χ0n) is 14.6. The van der Waals surface area contributed by atoms with Crippen LogP contribution in [0.3, 0.4) is 0 Å². The fraction of sp³-hybridized carbons (Fsp3) is 0.381. The molecule has 0 amide bonds. The summed E-state index contributed by atoms with van der Waals surface area (Å²) in [6, 6.07) is 15.6. The molecule has 132 valence electrons. The quantitative estimate of drug-likeness (QED) is 0.868. The molecule has 0 spiro atoms. The molecular weight excluding hydrogens is 314 g/mol. The molecular formula is C21H25NO3. The van der Waals surface area contributed by atoms with Crippen molar-refractivity contribution in [1.29, 1.82) is 0 Å². The molecule has 1 unspecified atom stereocenters. The van der Waals surface area contributed by atoms with Gasteiger partial charge in [-0.05, 0) is 67.1 Å². The number of carbonyl (C=O) groups is 1. The number of rotatable bonds is 6. The van der Waals surface area contributed by atoms with Crippen molar-refractivity contribution in [1.82, 2.24) is 4.90 Å². The standard InChI is InChI=1S/C21H25NO3/c1-25-20-10-6-16(7-11-20)13-18-3-2-12-22(15-18)14-17-4-8-19(9-5-17)21(23)24/h4-11,18H,2-3,12-15H2,1H3,(H,23,24). The van der Waals surface area contributed by atoms with Crippen LogP contribution in [0, 0.1) is 5.92 Å². The van der Waals surface area contributed by atoms with E-state index in [4.69, 9.17) is 9.84 Å². The van der Waals surface area contributed by atoms with Gasteiger partial charge in [0.1, 0.15) is 5.75 Å². The number of aromatic carboxylic acids is 1. The number of hydrogen-bond acceptors (Lipinski definition) is 3. The molecule has 0 radical (unpaired) electrons. The van der Waals surface area contributed by atoms with Crippen LogP contribution in [0.2, 0.25) is 0 Å². The van der Waals surface area contributed by atoms with Gasteiger partial charge in [-0.3, -0.25) is 4.90 Å². The highest BCUT2D eigenvalue weighted by atomic mass is 16.5. The van der Waals surface area contributed by atoms with Gasteiger partial charge in [0.15, 0.2) is 0 Å². The lowest BCUT2D eigenvalue weighted by Gasteiger charge is -2.33. The number of nitrogens with zero attached hydrogens (tertiary/aromatic N) is 1. The topological polar surface area (TPSA) is 49.8 Å². The van der Waals surface area contributed by atoms with E-state index in [1.807, 2.05) is 24.3 Å². The molecule has 1 saturated heterocycles. The molecule has 0 bridgehead atoms. The van der Waals surface area contributed by atoms with Crippen LogP contribution in [-0.2, 0) is 13.0 Å². The molecule has 25 heavy (non-hydrogen) atoms. The van der Waals surface area contributed by atoms with E-state index in [1.165, 1.54) is 24.0 Å². The Bertz CT molecular complexity index is 694. The molecule has 0 saturated carbocycles. The smallest absolute Gasteiger partial charge is 0.335 e. The van der Waals surface area contributed by atoms with E-state index in [9.17, 15) is 4.79 Å². The Hall–Kier alpha value is -2.33. The van der Waals surface area contributed by atoms with Gasteiger partial charge in [-0.1, -0.05) is 24.3 Å². The van der Waals surface area contributed by atoms with E-state index in [0.717, 1.165) is 31.8 Å². The fourth-order valence-electron chi connectivity index (χ4n) is 3.57.